The van der Waals surface area contributed by atoms with E-state index in [0.717, 1.165) is 9.87 Å². The second-order valence-electron chi connectivity index (χ2n) is 8.38. The fourth-order valence-electron chi connectivity index (χ4n) is 3.41. The van der Waals surface area contributed by atoms with Gasteiger partial charge in [0.15, 0.2) is 0 Å². The molecule has 7 nitrogen and oxygen atoms in total. The minimum Gasteiger partial charge on any atom is -0.352 e. The van der Waals surface area contributed by atoms with Crippen molar-refractivity contribution in [3.8, 4) is 0 Å². The number of benzene rings is 2. The van der Waals surface area contributed by atoms with Gasteiger partial charge in [-0.1, -0.05) is 53.9 Å². The summed E-state index contributed by atoms with van der Waals surface area (Å²) in [4.78, 5) is 27.8. The largest absolute Gasteiger partial charge is 0.352 e. The first-order valence-electron chi connectivity index (χ1n) is 10.9. The average Bonchev–Trinajstić information content (AvgIpc) is 2.75. The Morgan fingerprint density at radius 2 is 1.59 bits per heavy atom. The van der Waals surface area contributed by atoms with Gasteiger partial charge in [0.2, 0.25) is 21.8 Å². The van der Waals surface area contributed by atoms with Crippen LogP contribution in [0.5, 0.6) is 0 Å². The van der Waals surface area contributed by atoms with Crippen molar-refractivity contribution < 1.29 is 18.0 Å². The normalized spacial score (nSPS) is 12.6. The molecular weight excluding hydrogens is 497 g/mol. The number of nitrogens with zero attached hydrogens (tertiary/aromatic N) is 2. The van der Waals surface area contributed by atoms with E-state index in [-0.39, 0.29) is 23.4 Å². The molecule has 1 unspecified atom stereocenters. The lowest BCUT2D eigenvalue weighted by atomic mass is 10.1. The van der Waals surface area contributed by atoms with E-state index < -0.39 is 28.5 Å². The van der Waals surface area contributed by atoms with Crippen LogP contribution in [0.15, 0.2) is 47.4 Å². The van der Waals surface area contributed by atoms with Crippen LogP contribution in [0.3, 0.4) is 0 Å². The van der Waals surface area contributed by atoms with Gasteiger partial charge in [-0.3, -0.25) is 9.59 Å². The molecule has 1 N–H and O–H groups in total. The number of rotatable bonds is 10. The molecule has 0 aliphatic rings. The lowest BCUT2D eigenvalue weighted by Crippen LogP contribution is -2.52. The smallest absolute Gasteiger partial charge is 0.243 e. The SMILES string of the molecule is CCC(C(=O)NC(C)C)N(Cc1c(Cl)cccc1Cl)C(=O)CN(C)S(=O)(=O)c1ccc(C)cc1. The number of amides is 2. The molecule has 0 aliphatic heterocycles. The molecule has 34 heavy (non-hydrogen) atoms. The summed E-state index contributed by atoms with van der Waals surface area (Å²) >= 11 is 12.7. The Labute approximate surface area is 212 Å². The van der Waals surface area contributed by atoms with Gasteiger partial charge in [-0.05, 0) is 51.5 Å². The van der Waals surface area contributed by atoms with Gasteiger partial charge in [0.25, 0.3) is 0 Å². The second-order valence-corrected chi connectivity index (χ2v) is 11.2. The number of carbonyl (C=O) groups is 2. The molecule has 0 heterocycles. The van der Waals surface area contributed by atoms with E-state index in [1.165, 1.54) is 24.1 Å². The zero-order chi connectivity index (χ0) is 25.6. The highest BCUT2D eigenvalue weighted by Crippen LogP contribution is 2.27. The molecule has 186 valence electrons. The summed E-state index contributed by atoms with van der Waals surface area (Å²) in [7, 11) is -2.58. The average molecular weight is 529 g/mol. The van der Waals surface area contributed by atoms with Gasteiger partial charge in [-0.15, -0.1) is 0 Å². The van der Waals surface area contributed by atoms with Crippen molar-refractivity contribution in [1.82, 2.24) is 14.5 Å². The van der Waals surface area contributed by atoms with Crippen molar-refractivity contribution in [2.24, 2.45) is 0 Å². The van der Waals surface area contributed by atoms with Crippen LogP contribution >= 0.6 is 23.2 Å². The van der Waals surface area contributed by atoms with Crippen molar-refractivity contribution >= 4 is 45.0 Å². The van der Waals surface area contributed by atoms with E-state index in [4.69, 9.17) is 23.2 Å². The molecule has 2 aromatic rings. The van der Waals surface area contributed by atoms with Crippen LogP contribution in [0, 0.1) is 6.92 Å². The summed E-state index contributed by atoms with van der Waals surface area (Å²) in [5.74, 6) is -0.877. The highest BCUT2D eigenvalue weighted by Gasteiger charge is 2.32. The lowest BCUT2D eigenvalue weighted by molar-refractivity contribution is -0.141. The molecule has 0 fully saturated rings. The summed E-state index contributed by atoms with van der Waals surface area (Å²) in [5, 5.41) is 3.53. The van der Waals surface area contributed by atoms with Crippen molar-refractivity contribution in [2.75, 3.05) is 13.6 Å². The first-order chi connectivity index (χ1) is 15.9. The minimum atomic E-state index is -3.91. The molecule has 2 aromatic carbocycles. The maximum atomic E-state index is 13.5. The molecule has 0 aliphatic carbocycles. The molecular formula is C24H31Cl2N3O4S. The van der Waals surface area contributed by atoms with Crippen LogP contribution in [-0.2, 0) is 26.2 Å². The van der Waals surface area contributed by atoms with Gasteiger partial charge in [0.05, 0.1) is 11.4 Å². The third-order valence-corrected chi connectivity index (χ3v) is 7.82. The van der Waals surface area contributed by atoms with Gasteiger partial charge in [0.1, 0.15) is 6.04 Å². The zero-order valence-corrected chi connectivity index (χ0v) is 22.3. The van der Waals surface area contributed by atoms with Gasteiger partial charge in [-0.2, -0.15) is 4.31 Å². The fraction of sp³-hybridized carbons (Fsp3) is 0.417. The maximum Gasteiger partial charge on any atom is 0.243 e. The Hall–Kier alpha value is -2.13. The third kappa shape index (κ3) is 6.95. The monoisotopic (exact) mass is 527 g/mol. The number of likely N-dealkylation sites (N-methyl/N-ethyl adjacent to an activating group) is 1. The standard InChI is InChI=1S/C24H31Cl2N3O4S/c1-6-22(24(31)27-16(2)3)29(14-19-20(25)8-7-9-21(19)26)23(30)15-28(5)34(32,33)18-12-10-17(4)11-13-18/h7-13,16,22H,6,14-15H2,1-5H3,(H,27,31). The van der Waals surface area contributed by atoms with Crippen LogP contribution < -0.4 is 5.32 Å². The topological polar surface area (TPSA) is 86.8 Å². The van der Waals surface area contributed by atoms with Gasteiger partial charge in [0, 0.05) is 35.2 Å². The Morgan fingerprint density at radius 3 is 2.09 bits per heavy atom. The molecule has 0 saturated carbocycles. The number of carbonyl (C=O) groups excluding carboxylic acids is 2. The lowest BCUT2D eigenvalue weighted by Gasteiger charge is -2.32. The molecule has 1 atom stereocenters. The number of aryl methyl sites for hydroxylation is 1. The molecule has 0 saturated heterocycles. The highest BCUT2D eigenvalue weighted by atomic mass is 35.5. The minimum absolute atomic E-state index is 0.0419. The Kier molecular flexibility index (Phi) is 9.94. The Morgan fingerprint density at radius 1 is 1.03 bits per heavy atom. The van der Waals surface area contributed by atoms with Gasteiger partial charge >= 0.3 is 0 Å². The summed E-state index contributed by atoms with van der Waals surface area (Å²) < 4.78 is 27.0. The zero-order valence-electron chi connectivity index (χ0n) is 20.0. The quantitative estimate of drug-likeness (QED) is 0.500. The summed E-state index contributed by atoms with van der Waals surface area (Å²) in [5.41, 5.74) is 1.40. The number of halogens is 2. The van der Waals surface area contributed by atoms with Crippen LogP contribution in [0.4, 0.5) is 0 Å². The van der Waals surface area contributed by atoms with Crippen LogP contribution in [0.25, 0.3) is 0 Å². The number of sulfonamides is 1. The van der Waals surface area contributed by atoms with Gasteiger partial charge in [-0.25, -0.2) is 8.42 Å². The summed E-state index contributed by atoms with van der Waals surface area (Å²) in [6.07, 6.45) is 0.320. The van der Waals surface area contributed by atoms with E-state index in [9.17, 15) is 18.0 Å². The summed E-state index contributed by atoms with van der Waals surface area (Å²) in [6.45, 7) is 6.79. The van der Waals surface area contributed by atoms with E-state index >= 15 is 0 Å². The van der Waals surface area contributed by atoms with Crippen LogP contribution in [0.2, 0.25) is 10.0 Å². The molecule has 2 rings (SSSR count). The molecule has 0 radical (unpaired) electrons. The first kappa shape index (κ1) is 28.1. The maximum absolute atomic E-state index is 13.5. The van der Waals surface area contributed by atoms with Crippen molar-refractivity contribution in [1.29, 1.82) is 0 Å². The third-order valence-electron chi connectivity index (χ3n) is 5.29. The number of nitrogens with one attached hydrogen (secondary N) is 1. The van der Waals surface area contributed by atoms with E-state index in [2.05, 4.69) is 5.32 Å². The molecule has 0 aromatic heterocycles. The second kappa shape index (κ2) is 12.0. The van der Waals surface area contributed by atoms with Gasteiger partial charge < -0.3 is 10.2 Å². The van der Waals surface area contributed by atoms with E-state index in [1.807, 2.05) is 20.8 Å². The Bertz CT molecular complexity index is 1100. The van der Waals surface area contributed by atoms with Crippen molar-refractivity contribution in [3.63, 3.8) is 0 Å². The molecule has 10 heteroatoms. The predicted molar refractivity (Wildman–Crippen MR) is 135 cm³/mol. The van der Waals surface area contributed by atoms with Crippen LogP contribution in [0.1, 0.15) is 38.3 Å². The molecule has 0 spiro atoms. The van der Waals surface area contributed by atoms with Crippen molar-refractivity contribution in [2.45, 2.75) is 57.6 Å². The fourth-order valence-corrected chi connectivity index (χ4v) is 5.05. The number of hydrogen-bond donors (Lipinski definition) is 1. The molecule has 0 bridgehead atoms. The predicted octanol–water partition coefficient (Wildman–Crippen LogP) is 4.25. The number of hydrogen-bond acceptors (Lipinski definition) is 4. The van der Waals surface area contributed by atoms with E-state index in [1.54, 1.807) is 37.3 Å². The first-order valence-corrected chi connectivity index (χ1v) is 13.1. The Balaban J connectivity index is 2.39. The summed E-state index contributed by atoms with van der Waals surface area (Å²) in [6, 6.07) is 10.4. The van der Waals surface area contributed by atoms with Crippen molar-refractivity contribution in [3.05, 3.63) is 63.6 Å². The highest BCUT2D eigenvalue weighted by molar-refractivity contribution is 7.89. The molecule has 2 amide bonds. The van der Waals surface area contributed by atoms with E-state index in [0.29, 0.717) is 22.0 Å². The van der Waals surface area contributed by atoms with Crippen LogP contribution in [-0.4, -0.2) is 55.1 Å².